The van der Waals surface area contributed by atoms with Crippen LogP contribution in [-0.2, 0) is 10.0 Å². The Morgan fingerprint density at radius 1 is 1.60 bits per heavy atom. The number of terminal acetylenes is 1. The molecule has 0 saturated heterocycles. The van der Waals surface area contributed by atoms with Gasteiger partial charge in [-0.2, -0.15) is 4.72 Å². The SMILES string of the molecule is C#CC(C)(C)NS(=O)(=O)c1cnc(C)s1. The second-order valence-electron chi connectivity index (χ2n) is 3.57. The normalized spacial score (nSPS) is 12.4. The van der Waals surface area contributed by atoms with Crippen LogP contribution in [0.1, 0.15) is 18.9 Å². The number of aryl methyl sites for hydroxylation is 1. The van der Waals surface area contributed by atoms with Crippen molar-refractivity contribution >= 4 is 21.4 Å². The van der Waals surface area contributed by atoms with Gasteiger partial charge in [0.2, 0.25) is 0 Å². The fourth-order valence-electron chi connectivity index (χ4n) is 0.882. The molecule has 0 aliphatic rings. The van der Waals surface area contributed by atoms with Gasteiger partial charge in [-0.15, -0.1) is 17.8 Å². The lowest BCUT2D eigenvalue weighted by molar-refractivity contribution is 0.540. The first kappa shape index (κ1) is 12.2. The van der Waals surface area contributed by atoms with Crippen LogP contribution < -0.4 is 4.72 Å². The molecule has 0 fully saturated rings. The molecule has 0 aliphatic carbocycles. The molecule has 4 nitrogen and oxygen atoms in total. The number of thiazole rings is 1. The van der Waals surface area contributed by atoms with Gasteiger partial charge < -0.3 is 0 Å². The number of aromatic nitrogens is 1. The van der Waals surface area contributed by atoms with E-state index in [1.165, 1.54) is 6.20 Å². The molecule has 1 rings (SSSR count). The molecular formula is C9H12N2O2S2. The highest BCUT2D eigenvalue weighted by molar-refractivity contribution is 7.91. The highest BCUT2D eigenvalue weighted by Gasteiger charge is 2.25. The Hall–Kier alpha value is -0.900. The van der Waals surface area contributed by atoms with E-state index in [1.807, 2.05) is 0 Å². The second-order valence-corrected chi connectivity index (χ2v) is 6.72. The van der Waals surface area contributed by atoms with Crippen molar-refractivity contribution in [3.63, 3.8) is 0 Å². The average molecular weight is 244 g/mol. The van der Waals surface area contributed by atoms with Gasteiger partial charge in [0.15, 0.2) is 4.21 Å². The summed E-state index contributed by atoms with van der Waals surface area (Å²) in [7, 11) is -3.55. The van der Waals surface area contributed by atoms with Gasteiger partial charge in [-0.25, -0.2) is 13.4 Å². The Kier molecular flexibility index (Phi) is 3.19. The Labute approximate surface area is 93.8 Å². The molecular weight excluding hydrogens is 232 g/mol. The van der Waals surface area contributed by atoms with E-state index >= 15 is 0 Å². The topological polar surface area (TPSA) is 59.1 Å². The van der Waals surface area contributed by atoms with Crippen LogP contribution in [0.3, 0.4) is 0 Å². The van der Waals surface area contributed by atoms with Crippen LogP contribution in [0.5, 0.6) is 0 Å². The Morgan fingerprint density at radius 2 is 2.20 bits per heavy atom. The molecule has 15 heavy (non-hydrogen) atoms. The third-order valence-electron chi connectivity index (χ3n) is 1.62. The lowest BCUT2D eigenvalue weighted by atomic mass is 10.1. The maximum Gasteiger partial charge on any atom is 0.252 e. The van der Waals surface area contributed by atoms with Gasteiger partial charge in [-0.3, -0.25) is 0 Å². The van der Waals surface area contributed by atoms with E-state index in [0.717, 1.165) is 11.3 Å². The van der Waals surface area contributed by atoms with Crippen LogP contribution in [0.25, 0.3) is 0 Å². The molecule has 1 aromatic rings. The molecule has 6 heteroatoms. The summed E-state index contributed by atoms with van der Waals surface area (Å²) in [5.74, 6) is 2.37. The highest BCUT2D eigenvalue weighted by Crippen LogP contribution is 2.19. The van der Waals surface area contributed by atoms with Crippen LogP contribution in [0, 0.1) is 19.3 Å². The zero-order valence-corrected chi connectivity index (χ0v) is 10.4. The third-order valence-corrected chi connectivity index (χ3v) is 4.65. The zero-order chi connectivity index (χ0) is 11.7. The fourth-order valence-corrected chi connectivity index (χ4v) is 3.33. The van der Waals surface area contributed by atoms with Gasteiger partial charge in [0.05, 0.1) is 16.7 Å². The number of hydrogen-bond acceptors (Lipinski definition) is 4. The van der Waals surface area contributed by atoms with Gasteiger partial charge in [0.25, 0.3) is 10.0 Å². The molecule has 0 spiro atoms. The number of hydrogen-bond donors (Lipinski definition) is 1. The van der Waals surface area contributed by atoms with Gasteiger partial charge >= 0.3 is 0 Å². The first-order valence-corrected chi connectivity index (χ1v) is 6.51. The third kappa shape index (κ3) is 3.02. The summed E-state index contributed by atoms with van der Waals surface area (Å²) in [4.78, 5) is 3.89. The minimum Gasteiger partial charge on any atom is -0.249 e. The van der Waals surface area contributed by atoms with Gasteiger partial charge in [-0.1, -0.05) is 5.92 Å². The van der Waals surface area contributed by atoms with Crippen LogP contribution >= 0.6 is 11.3 Å². The molecule has 0 radical (unpaired) electrons. The molecule has 0 saturated carbocycles. The molecule has 0 atom stereocenters. The highest BCUT2D eigenvalue weighted by atomic mass is 32.2. The molecule has 0 unspecified atom stereocenters. The van der Waals surface area contributed by atoms with E-state index in [-0.39, 0.29) is 4.21 Å². The summed E-state index contributed by atoms with van der Waals surface area (Å²) in [6.07, 6.45) is 6.54. The predicted molar refractivity (Wildman–Crippen MR) is 60.1 cm³/mol. The van der Waals surface area contributed by atoms with Gasteiger partial charge in [0.1, 0.15) is 0 Å². The molecule has 1 aromatic heterocycles. The number of rotatable bonds is 3. The minimum absolute atomic E-state index is 0.184. The van der Waals surface area contributed by atoms with Crippen molar-refractivity contribution < 1.29 is 8.42 Å². The quantitative estimate of drug-likeness (QED) is 0.811. The van der Waals surface area contributed by atoms with Gasteiger partial charge in [-0.05, 0) is 20.8 Å². The van der Waals surface area contributed by atoms with E-state index in [1.54, 1.807) is 20.8 Å². The van der Waals surface area contributed by atoms with Crippen LogP contribution in [0.2, 0.25) is 0 Å². The van der Waals surface area contributed by atoms with Crippen molar-refractivity contribution in [2.45, 2.75) is 30.5 Å². The molecule has 0 amide bonds. The molecule has 0 bridgehead atoms. The van der Waals surface area contributed by atoms with Crippen molar-refractivity contribution in [3.8, 4) is 12.3 Å². The first-order chi connectivity index (χ1) is 6.77. The lowest BCUT2D eigenvalue weighted by Crippen LogP contribution is -2.41. The summed E-state index contributed by atoms with van der Waals surface area (Å²) < 4.78 is 26.2. The van der Waals surface area contributed by atoms with E-state index in [9.17, 15) is 8.42 Å². The van der Waals surface area contributed by atoms with E-state index in [0.29, 0.717) is 5.01 Å². The summed E-state index contributed by atoms with van der Waals surface area (Å²) in [5.41, 5.74) is -0.892. The lowest BCUT2D eigenvalue weighted by Gasteiger charge is -2.18. The van der Waals surface area contributed by atoms with Crippen molar-refractivity contribution in [2.75, 3.05) is 0 Å². The van der Waals surface area contributed by atoms with Crippen LogP contribution in [0.15, 0.2) is 10.4 Å². The zero-order valence-electron chi connectivity index (χ0n) is 8.73. The standard InChI is InChI=1S/C9H12N2O2S2/c1-5-9(3,4)11-15(12,13)8-6-10-7(2)14-8/h1,6,11H,2-4H3. The summed E-state index contributed by atoms with van der Waals surface area (Å²) in [5, 5.41) is 0.703. The second kappa shape index (κ2) is 3.93. The van der Waals surface area contributed by atoms with Crippen molar-refractivity contribution in [3.05, 3.63) is 11.2 Å². The number of nitrogens with zero attached hydrogens (tertiary/aromatic N) is 1. The largest absolute Gasteiger partial charge is 0.252 e. The number of nitrogens with one attached hydrogen (secondary N) is 1. The molecule has 1 N–H and O–H groups in total. The van der Waals surface area contributed by atoms with Crippen LogP contribution in [0.4, 0.5) is 0 Å². The minimum atomic E-state index is -3.55. The maximum atomic E-state index is 11.8. The molecule has 82 valence electrons. The van der Waals surface area contributed by atoms with E-state index < -0.39 is 15.6 Å². The van der Waals surface area contributed by atoms with Crippen molar-refractivity contribution in [1.29, 1.82) is 0 Å². The van der Waals surface area contributed by atoms with Gasteiger partial charge in [0, 0.05) is 0 Å². The molecule has 0 aliphatic heterocycles. The Balaban J connectivity index is 3.01. The smallest absolute Gasteiger partial charge is 0.249 e. The Morgan fingerprint density at radius 3 is 2.60 bits per heavy atom. The summed E-state index contributed by atoms with van der Waals surface area (Å²) in [6.45, 7) is 4.99. The molecule has 1 heterocycles. The first-order valence-electron chi connectivity index (χ1n) is 4.21. The predicted octanol–water partition coefficient (Wildman–Crippen LogP) is 1.14. The Bertz CT molecular complexity index is 494. The van der Waals surface area contributed by atoms with Crippen molar-refractivity contribution in [1.82, 2.24) is 9.71 Å². The average Bonchev–Trinajstić information content (AvgIpc) is 2.51. The monoisotopic (exact) mass is 244 g/mol. The number of sulfonamides is 1. The fraction of sp³-hybridized carbons (Fsp3) is 0.444. The van der Waals surface area contributed by atoms with E-state index in [4.69, 9.17) is 6.42 Å². The summed E-state index contributed by atoms with van der Waals surface area (Å²) >= 11 is 1.12. The van der Waals surface area contributed by atoms with Crippen molar-refractivity contribution in [2.24, 2.45) is 0 Å². The van der Waals surface area contributed by atoms with Crippen LogP contribution in [-0.4, -0.2) is 18.9 Å². The molecule has 0 aromatic carbocycles. The maximum absolute atomic E-state index is 11.8. The summed E-state index contributed by atoms with van der Waals surface area (Å²) in [6, 6.07) is 0. The van der Waals surface area contributed by atoms with E-state index in [2.05, 4.69) is 15.6 Å².